The highest BCUT2D eigenvalue weighted by molar-refractivity contribution is 7.99. The number of thioether (sulfide) groups is 1. The first-order valence-electron chi connectivity index (χ1n) is 6.90. The molecule has 1 atom stereocenters. The van der Waals surface area contributed by atoms with Crippen molar-refractivity contribution in [1.29, 1.82) is 0 Å². The molecule has 2 aromatic rings. The summed E-state index contributed by atoms with van der Waals surface area (Å²) in [6.45, 7) is 1.90. The summed E-state index contributed by atoms with van der Waals surface area (Å²) in [6.07, 6.45) is 0. The van der Waals surface area contributed by atoms with E-state index >= 15 is 0 Å². The van der Waals surface area contributed by atoms with Crippen LogP contribution in [0.5, 0.6) is 5.75 Å². The molecule has 0 aliphatic rings. The van der Waals surface area contributed by atoms with Crippen molar-refractivity contribution in [2.45, 2.75) is 17.9 Å². The number of hydrogen-bond donors (Lipinski definition) is 1. The second-order valence-corrected chi connectivity index (χ2v) is 6.51. The molecule has 0 aromatic heterocycles. The van der Waals surface area contributed by atoms with Gasteiger partial charge in [-0.1, -0.05) is 41.9 Å². The van der Waals surface area contributed by atoms with Crippen LogP contribution >= 0.6 is 23.4 Å². The second-order valence-electron chi connectivity index (χ2n) is 4.78. The zero-order chi connectivity index (χ0) is 15.9. The monoisotopic (exact) mass is 335 g/mol. The predicted molar refractivity (Wildman–Crippen MR) is 93.8 cm³/mol. The lowest BCUT2D eigenvalue weighted by Gasteiger charge is -2.13. The fourth-order valence-electron chi connectivity index (χ4n) is 1.86. The molecule has 1 N–H and O–H groups in total. The number of methoxy groups -OCH3 is 1. The Kier molecular flexibility index (Phi) is 6.16. The van der Waals surface area contributed by atoms with Crippen LogP contribution in [-0.2, 0) is 10.5 Å². The van der Waals surface area contributed by atoms with Gasteiger partial charge < -0.3 is 10.1 Å². The predicted octanol–water partition coefficient (Wildman–Crippen LogP) is 4.61. The first-order chi connectivity index (χ1) is 10.6. The van der Waals surface area contributed by atoms with Gasteiger partial charge in [0, 0.05) is 11.4 Å². The molecule has 2 rings (SSSR count). The summed E-state index contributed by atoms with van der Waals surface area (Å²) < 4.78 is 5.09. The lowest BCUT2D eigenvalue weighted by Crippen LogP contribution is -2.22. The number of hydrogen-bond acceptors (Lipinski definition) is 3. The Hall–Kier alpha value is -1.65. The zero-order valence-corrected chi connectivity index (χ0v) is 14.1. The van der Waals surface area contributed by atoms with Crippen LogP contribution in [0.3, 0.4) is 0 Å². The third-order valence-electron chi connectivity index (χ3n) is 3.13. The summed E-state index contributed by atoms with van der Waals surface area (Å²) in [6, 6.07) is 15.3. The molecule has 2 aromatic carbocycles. The summed E-state index contributed by atoms with van der Waals surface area (Å²) in [7, 11) is 1.56. The zero-order valence-electron chi connectivity index (χ0n) is 12.5. The Morgan fingerprint density at radius 1 is 1.27 bits per heavy atom. The Bertz CT molecular complexity index is 634. The average Bonchev–Trinajstić information content (AvgIpc) is 2.53. The van der Waals surface area contributed by atoms with Crippen molar-refractivity contribution in [2.75, 3.05) is 12.4 Å². The lowest BCUT2D eigenvalue weighted by molar-refractivity contribution is -0.115. The molecule has 0 fully saturated rings. The molecule has 0 heterocycles. The van der Waals surface area contributed by atoms with Crippen molar-refractivity contribution in [2.24, 2.45) is 0 Å². The maximum Gasteiger partial charge on any atom is 0.237 e. The van der Waals surface area contributed by atoms with Gasteiger partial charge >= 0.3 is 0 Å². The smallest absolute Gasteiger partial charge is 0.237 e. The average molecular weight is 336 g/mol. The molecular weight excluding hydrogens is 318 g/mol. The molecular formula is C17H18ClNO2S. The molecule has 1 amide bonds. The van der Waals surface area contributed by atoms with Gasteiger partial charge in [-0.05, 0) is 30.7 Å². The Morgan fingerprint density at radius 3 is 2.64 bits per heavy atom. The van der Waals surface area contributed by atoms with E-state index in [1.807, 2.05) is 25.1 Å². The first kappa shape index (κ1) is 16.7. The summed E-state index contributed by atoms with van der Waals surface area (Å²) in [5.74, 6) is 1.35. The van der Waals surface area contributed by atoms with Crippen LogP contribution in [0, 0.1) is 0 Å². The number of carbonyl (C=O) groups excluding carboxylic acids is 1. The van der Waals surface area contributed by atoms with Crippen molar-refractivity contribution in [3.8, 4) is 5.75 Å². The molecule has 3 nitrogen and oxygen atoms in total. The molecule has 0 saturated carbocycles. The highest BCUT2D eigenvalue weighted by Gasteiger charge is 2.14. The van der Waals surface area contributed by atoms with Crippen molar-refractivity contribution < 1.29 is 9.53 Å². The number of benzene rings is 2. The Morgan fingerprint density at radius 2 is 2.00 bits per heavy atom. The number of rotatable bonds is 6. The van der Waals surface area contributed by atoms with Gasteiger partial charge in [-0.3, -0.25) is 4.79 Å². The van der Waals surface area contributed by atoms with E-state index in [0.717, 1.165) is 5.75 Å². The minimum atomic E-state index is -0.152. The number of halogens is 1. The van der Waals surface area contributed by atoms with E-state index in [1.54, 1.807) is 37.1 Å². The van der Waals surface area contributed by atoms with Gasteiger partial charge in [-0.25, -0.2) is 0 Å². The largest absolute Gasteiger partial charge is 0.495 e. The minimum Gasteiger partial charge on any atom is -0.495 e. The van der Waals surface area contributed by atoms with E-state index in [4.69, 9.17) is 16.3 Å². The number of anilines is 1. The number of ether oxygens (including phenoxy) is 1. The molecule has 0 aliphatic carbocycles. The molecule has 0 saturated heterocycles. The number of nitrogens with one attached hydrogen (secondary N) is 1. The topological polar surface area (TPSA) is 38.3 Å². The molecule has 0 radical (unpaired) electrons. The first-order valence-corrected chi connectivity index (χ1v) is 8.32. The van der Waals surface area contributed by atoms with Crippen LogP contribution in [-0.4, -0.2) is 18.3 Å². The molecule has 116 valence electrons. The van der Waals surface area contributed by atoms with Crippen LogP contribution in [0.4, 0.5) is 5.69 Å². The highest BCUT2D eigenvalue weighted by Crippen LogP contribution is 2.27. The maximum atomic E-state index is 12.2. The number of amides is 1. The maximum absolute atomic E-state index is 12.2. The van der Waals surface area contributed by atoms with E-state index in [2.05, 4.69) is 17.4 Å². The quantitative estimate of drug-likeness (QED) is 0.837. The highest BCUT2D eigenvalue weighted by atomic mass is 35.5. The fraction of sp³-hybridized carbons (Fsp3) is 0.235. The SMILES string of the molecule is COc1ccc(NC(=O)[C@H](C)SCc2ccccc2)cc1Cl. The van der Waals surface area contributed by atoms with Crippen LogP contribution in [0.15, 0.2) is 48.5 Å². The molecule has 0 bridgehead atoms. The molecule has 0 unspecified atom stereocenters. The standard InChI is InChI=1S/C17H18ClNO2S/c1-12(22-11-13-6-4-3-5-7-13)17(20)19-14-8-9-16(21-2)15(18)10-14/h3-10,12H,11H2,1-2H3,(H,19,20)/t12-/m0/s1. The van der Waals surface area contributed by atoms with Gasteiger partial charge in [0.15, 0.2) is 0 Å². The van der Waals surface area contributed by atoms with Crippen molar-refractivity contribution in [1.82, 2.24) is 0 Å². The van der Waals surface area contributed by atoms with Crippen LogP contribution in [0.25, 0.3) is 0 Å². The molecule has 0 aliphatic heterocycles. The molecule has 22 heavy (non-hydrogen) atoms. The van der Waals surface area contributed by atoms with Crippen LogP contribution < -0.4 is 10.1 Å². The van der Waals surface area contributed by atoms with Gasteiger partial charge in [0.2, 0.25) is 5.91 Å². The van der Waals surface area contributed by atoms with E-state index in [1.165, 1.54) is 5.56 Å². The third-order valence-corrected chi connectivity index (χ3v) is 4.64. The van der Waals surface area contributed by atoms with Crippen molar-refractivity contribution in [3.63, 3.8) is 0 Å². The van der Waals surface area contributed by atoms with Gasteiger partial charge in [-0.15, -0.1) is 11.8 Å². The summed E-state index contributed by atoms with van der Waals surface area (Å²) in [5, 5.41) is 3.20. The van der Waals surface area contributed by atoms with Gasteiger partial charge in [0.25, 0.3) is 0 Å². The van der Waals surface area contributed by atoms with Gasteiger partial charge in [0.05, 0.1) is 17.4 Å². The van der Waals surface area contributed by atoms with Gasteiger partial charge in [-0.2, -0.15) is 0 Å². The van der Waals surface area contributed by atoms with E-state index < -0.39 is 0 Å². The van der Waals surface area contributed by atoms with Crippen molar-refractivity contribution >= 4 is 35.0 Å². The Balaban J connectivity index is 1.89. The third kappa shape index (κ3) is 4.68. The molecule has 5 heteroatoms. The van der Waals surface area contributed by atoms with E-state index in [0.29, 0.717) is 16.5 Å². The number of carbonyl (C=O) groups is 1. The molecule has 0 spiro atoms. The van der Waals surface area contributed by atoms with E-state index in [9.17, 15) is 4.79 Å². The van der Waals surface area contributed by atoms with Crippen molar-refractivity contribution in [3.05, 3.63) is 59.1 Å². The summed E-state index contributed by atoms with van der Waals surface area (Å²) in [4.78, 5) is 12.2. The lowest BCUT2D eigenvalue weighted by atomic mass is 10.2. The Labute approximate surface area is 140 Å². The minimum absolute atomic E-state index is 0.0397. The summed E-state index contributed by atoms with van der Waals surface area (Å²) >= 11 is 7.65. The van der Waals surface area contributed by atoms with Crippen LogP contribution in [0.1, 0.15) is 12.5 Å². The summed E-state index contributed by atoms with van der Waals surface area (Å²) in [5.41, 5.74) is 1.88. The fourth-order valence-corrected chi connectivity index (χ4v) is 2.96. The second kappa shape index (κ2) is 8.11. The van der Waals surface area contributed by atoms with E-state index in [-0.39, 0.29) is 11.2 Å². The normalized spacial score (nSPS) is 11.8. The van der Waals surface area contributed by atoms with Crippen LogP contribution in [0.2, 0.25) is 5.02 Å². The van der Waals surface area contributed by atoms with Gasteiger partial charge in [0.1, 0.15) is 5.75 Å².